The van der Waals surface area contributed by atoms with E-state index in [4.69, 9.17) is 15.3 Å². The Kier molecular flexibility index (Phi) is 2.64. The van der Waals surface area contributed by atoms with Crippen molar-refractivity contribution in [3.8, 4) is 0 Å². The van der Waals surface area contributed by atoms with Gasteiger partial charge in [-0.15, -0.1) is 0 Å². The molecule has 0 aliphatic rings. The largest absolute Gasteiger partial charge is 0.413 e. The molecular weight excluding hydrogens is 158 g/mol. The Labute approximate surface area is 66.9 Å². The molecule has 1 aromatic carbocycles. The summed E-state index contributed by atoms with van der Waals surface area (Å²) in [6.07, 6.45) is 0. The molecule has 1 aromatic rings. The van der Waals surface area contributed by atoms with Gasteiger partial charge in [0.25, 0.3) is 0 Å². The number of anilines is 1. The Morgan fingerprint density at radius 1 is 1.18 bits per heavy atom. The third-order valence-corrected chi connectivity index (χ3v) is 2.23. The van der Waals surface area contributed by atoms with Crippen LogP contribution in [0.25, 0.3) is 0 Å². The van der Waals surface area contributed by atoms with Gasteiger partial charge < -0.3 is 15.3 Å². The van der Waals surface area contributed by atoms with Crippen LogP contribution < -0.4 is 5.73 Å². The van der Waals surface area contributed by atoms with Gasteiger partial charge in [-0.3, -0.25) is 0 Å². The van der Waals surface area contributed by atoms with E-state index in [1.807, 2.05) is 12.1 Å². The van der Waals surface area contributed by atoms with Crippen molar-refractivity contribution in [1.29, 1.82) is 0 Å². The zero-order valence-corrected chi connectivity index (χ0v) is 7.22. The summed E-state index contributed by atoms with van der Waals surface area (Å²) in [5.74, 6) is 0. The lowest BCUT2D eigenvalue weighted by molar-refractivity contribution is 0.405. The van der Waals surface area contributed by atoms with E-state index in [0.717, 1.165) is 5.56 Å². The second-order valence-electron chi connectivity index (χ2n) is 2.43. The maximum atomic E-state index is 8.74. The predicted octanol–water partition coefficient (Wildman–Crippen LogP) is -0.444. The number of benzene rings is 1. The van der Waals surface area contributed by atoms with Crippen molar-refractivity contribution in [2.75, 3.05) is 5.73 Å². The maximum absolute atomic E-state index is 8.74. The van der Waals surface area contributed by atoms with Crippen LogP contribution in [0.15, 0.2) is 24.3 Å². The minimum atomic E-state index is -2.45. The Hall–Kier alpha value is -0.843. The van der Waals surface area contributed by atoms with Gasteiger partial charge in [0.2, 0.25) is 0 Å². The number of nitrogens with two attached hydrogens (primary N) is 1. The van der Waals surface area contributed by atoms with Gasteiger partial charge in [-0.25, -0.2) is 0 Å². The normalized spacial score (nSPS) is 10.5. The molecule has 0 fully saturated rings. The fraction of sp³-hybridized carbons (Fsp3) is 0.143. The molecule has 1 rings (SSSR count). The summed E-state index contributed by atoms with van der Waals surface area (Å²) in [7, 11) is -2.45. The summed E-state index contributed by atoms with van der Waals surface area (Å²) in [4.78, 5) is 17.5. The summed E-state index contributed by atoms with van der Waals surface area (Å²) in [5.41, 5.74) is 7.07. The molecule has 11 heavy (non-hydrogen) atoms. The van der Waals surface area contributed by atoms with Crippen molar-refractivity contribution in [2.24, 2.45) is 0 Å². The molecular formula is C7H11NO2Si. The number of hydrogen-bond acceptors (Lipinski definition) is 3. The SMILES string of the molecule is Nc1ccc(C[SiH](O)O)cc1. The van der Waals surface area contributed by atoms with Gasteiger partial charge in [0, 0.05) is 11.7 Å². The minimum absolute atomic E-state index is 0.389. The van der Waals surface area contributed by atoms with Gasteiger partial charge in [0.05, 0.1) is 0 Å². The van der Waals surface area contributed by atoms with Crippen molar-refractivity contribution >= 4 is 15.0 Å². The first kappa shape index (κ1) is 8.26. The van der Waals surface area contributed by atoms with Crippen LogP contribution in [-0.2, 0) is 6.04 Å². The van der Waals surface area contributed by atoms with Crippen LogP contribution in [-0.4, -0.2) is 18.9 Å². The average Bonchev–Trinajstić information content (AvgIpc) is 1.93. The lowest BCUT2D eigenvalue weighted by Gasteiger charge is -2.00. The second-order valence-corrected chi connectivity index (χ2v) is 3.80. The summed E-state index contributed by atoms with van der Waals surface area (Å²) >= 11 is 0. The van der Waals surface area contributed by atoms with Crippen LogP contribution in [0.3, 0.4) is 0 Å². The van der Waals surface area contributed by atoms with Gasteiger partial charge in [0.15, 0.2) is 0 Å². The third-order valence-electron chi connectivity index (χ3n) is 1.40. The summed E-state index contributed by atoms with van der Waals surface area (Å²) in [6.45, 7) is 0. The van der Waals surface area contributed by atoms with E-state index < -0.39 is 9.28 Å². The molecule has 4 heteroatoms. The fourth-order valence-corrected chi connectivity index (χ4v) is 1.56. The van der Waals surface area contributed by atoms with Gasteiger partial charge in [-0.1, -0.05) is 12.1 Å². The van der Waals surface area contributed by atoms with Gasteiger partial charge >= 0.3 is 9.28 Å². The molecule has 0 amide bonds. The third kappa shape index (κ3) is 2.71. The molecule has 0 unspecified atom stereocenters. The van der Waals surface area contributed by atoms with E-state index in [-0.39, 0.29) is 0 Å². The number of rotatable bonds is 2. The topological polar surface area (TPSA) is 66.5 Å². The first-order chi connectivity index (χ1) is 5.18. The number of nitrogen functional groups attached to an aromatic ring is 1. The van der Waals surface area contributed by atoms with Crippen LogP contribution in [0.4, 0.5) is 5.69 Å². The van der Waals surface area contributed by atoms with Crippen molar-refractivity contribution in [3.63, 3.8) is 0 Å². The minimum Gasteiger partial charge on any atom is -0.413 e. The Morgan fingerprint density at radius 3 is 2.18 bits per heavy atom. The highest BCUT2D eigenvalue weighted by molar-refractivity contribution is 6.40. The molecule has 0 aliphatic carbocycles. The lowest BCUT2D eigenvalue weighted by atomic mass is 10.2. The molecule has 0 aliphatic heterocycles. The Morgan fingerprint density at radius 2 is 1.73 bits per heavy atom. The van der Waals surface area contributed by atoms with Crippen LogP contribution in [0, 0.1) is 0 Å². The van der Waals surface area contributed by atoms with Crippen molar-refractivity contribution in [3.05, 3.63) is 29.8 Å². The smallest absolute Gasteiger partial charge is 0.320 e. The molecule has 0 saturated heterocycles. The van der Waals surface area contributed by atoms with Crippen molar-refractivity contribution in [2.45, 2.75) is 6.04 Å². The molecule has 60 valence electrons. The van der Waals surface area contributed by atoms with Gasteiger partial charge in [-0.2, -0.15) is 0 Å². The summed E-state index contributed by atoms with van der Waals surface area (Å²) in [5, 5.41) is 0. The van der Waals surface area contributed by atoms with Gasteiger partial charge in [0.1, 0.15) is 0 Å². The summed E-state index contributed by atoms with van der Waals surface area (Å²) < 4.78 is 0. The van der Waals surface area contributed by atoms with E-state index in [9.17, 15) is 0 Å². The highest BCUT2D eigenvalue weighted by atomic mass is 28.3. The Bertz CT molecular complexity index is 222. The first-order valence-corrected chi connectivity index (χ1v) is 5.24. The van der Waals surface area contributed by atoms with Crippen LogP contribution in [0.5, 0.6) is 0 Å². The molecule has 0 bridgehead atoms. The quantitative estimate of drug-likeness (QED) is 0.415. The van der Waals surface area contributed by atoms with Crippen molar-refractivity contribution < 1.29 is 9.59 Å². The second kappa shape index (κ2) is 3.52. The highest BCUT2D eigenvalue weighted by Gasteiger charge is 2.02. The molecule has 0 atom stereocenters. The van der Waals surface area contributed by atoms with E-state index >= 15 is 0 Å². The fourth-order valence-electron chi connectivity index (χ4n) is 0.865. The first-order valence-electron chi connectivity index (χ1n) is 3.39. The van der Waals surface area contributed by atoms with E-state index in [0.29, 0.717) is 11.7 Å². The maximum Gasteiger partial charge on any atom is 0.320 e. The van der Waals surface area contributed by atoms with E-state index in [1.54, 1.807) is 12.1 Å². The average molecular weight is 169 g/mol. The molecule has 4 N–H and O–H groups in total. The molecule has 3 nitrogen and oxygen atoms in total. The molecule has 0 heterocycles. The Balaban J connectivity index is 2.66. The molecule has 0 saturated carbocycles. The molecule has 0 aromatic heterocycles. The van der Waals surface area contributed by atoms with Crippen LogP contribution in [0.2, 0.25) is 0 Å². The van der Waals surface area contributed by atoms with Crippen molar-refractivity contribution in [1.82, 2.24) is 0 Å². The monoisotopic (exact) mass is 169 g/mol. The predicted molar refractivity (Wildman–Crippen MR) is 46.1 cm³/mol. The standard InChI is InChI=1S/C7H11NO2Si/c8-7-3-1-6(2-4-7)5-11(9)10/h1-4,9-11H,5,8H2. The van der Waals surface area contributed by atoms with Crippen LogP contribution in [0.1, 0.15) is 5.56 Å². The summed E-state index contributed by atoms with van der Waals surface area (Å²) in [6, 6.07) is 7.52. The zero-order chi connectivity index (χ0) is 8.27. The molecule has 0 radical (unpaired) electrons. The van der Waals surface area contributed by atoms with Gasteiger partial charge in [-0.05, 0) is 17.7 Å². The highest BCUT2D eigenvalue weighted by Crippen LogP contribution is 2.05. The molecule has 0 spiro atoms. The van der Waals surface area contributed by atoms with Crippen LogP contribution >= 0.6 is 0 Å². The lowest BCUT2D eigenvalue weighted by Crippen LogP contribution is -2.14. The van der Waals surface area contributed by atoms with E-state index in [2.05, 4.69) is 0 Å². The van der Waals surface area contributed by atoms with E-state index in [1.165, 1.54) is 0 Å². The number of hydrogen-bond donors (Lipinski definition) is 3. The zero-order valence-electron chi connectivity index (χ0n) is 6.07.